The van der Waals surface area contributed by atoms with Gasteiger partial charge >= 0.3 is 0 Å². The van der Waals surface area contributed by atoms with Crippen molar-refractivity contribution < 1.29 is 17.9 Å². The van der Waals surface area contributed by atoms with Crippen molar-refractivity contribution in [2.45, 2.75) is 42.7 Å². The van der Waals surface area contributed by atoms with E-state index in [1.165, 1.54) is 28.3 Å². The van der Waals surface area contributed by atoms with Crippen molar-refractivity contribution in [3.8, 4) is 0 Å². The first-order chi connectivity index (χ1) is 11.9. The molecule has 1 amide bonds. The van der Waals surface area contributed by atoms with Gasteiger partial charge in [0, 0.05) is 25.3 Å². The average Bonchev–Trinajstić information content (AvgIpc) is 2.61. The Morgan fingerprint density at radius 2 is 2.12 bits per heavy atom. The number of nitrogens with one attached hydrogen (secondary N) is 1. The molecule has 0 bridgehead atoms. The van der Waals surface area contributed by atoms with E-state index in [4.69, 9.17) is 4.74 Å². The van der Waals surface area contributed by atoms with Gasteiger partial charge in [-0.05, 0) is 25.5 Å². The quantitative estimate of drug-likeness (QED) is 0.680. The second-order valence-electron chi connectivity index (χ2n) is 5.89. The molecule has 9 heteroatoms. The van der Waals surface area contributed by atoms with Crippen molar-refractivity contribution in [1.82, 2.24) is 14.6 Å². The second kappa shape index (κ2) is 9.51. The number of morpholine rings is 1. The van der Waals surface area contributed by atoms with Crippen LogP contribution in [0.3, 0.4) is 0 Å². The largest absolute Gasteiger partial charge is 0.379 e. The van der Waals surface area contributed by atoms with Crippen molar-refractivity contribution in [2.24, 2.45) is 0 Å². The van der Waals surface area contributed by atoms with Crippen LogP contribution in [0.1, 0.15) is 26.7 Å². The van der Waals surface area contributed by atoms with Gasteiger partial charge in [-0.15, -0.1) is 0 Å². The van der Waals surface area contributed by atoms with Gasteiger partial charge in [0.15, 0.2) is 0 Å². The summed E-state index contributed by atoms with van der Waals surface area (Å²) in [5.41, 5.74) is 0. The average molecular weight is 388 g/mol. The number of amides is 1. The number of rotatable bonds is 8. The van der Waals surface area contributed by atoms with Gasteiger partial charge in [-0.3, -0.25) is 4.79 Å². The summed E-state index contributed by atoms with van der Waals surface area (Å²) in [7, 11) is -3.53. The van der Waals surface area contributed by atoms with Crippen LogP contribution in [0.2, 0.25) is 0 Å². The van der Waals surface area contributed by atoms with Gasteiger partial charge in [-0.2, -0.15) is 4.31 Å². The van der Waals surface area contributed by atoms with E-state index in [1.807, 2.05) is 6.92 Å². The number of nitrogens with zero attached hydrogens (tertiary/aromatic N) is 2. The van der Waals surface area contributed by atoms with E-state index in [-0.39, 0.29) is 22.6 Å². The molecule has 1 aromatic heterocycles. The van der Waals surface area contributed by atoms with Crippen LogP contribution in [0.4, 0.5) is 0 Å². The predicted molar refractivity (Wildman–Crippen MR) is 97.1 cm³/mol. The number of sulfonamides is 1. The van der Waals surface area contributed by atoms with Gasteiger partial charge in [0.1, 0.15) is 4.90 Å². The zero-order chi connectivity index (χ0) is 18.3. The Labute approximate surface area is 153 Å². The Morgan fingerprint density at radius 3 is 2.72 bits per heavy atom. The highest BCUT2D eigenvalue weighted by molar-refractivity contribution is 7.99. The smallest absolute Gasteiger partial charge is 0.244 e. The van der Waals surface area contributed by atoms with Gasteiger partial charge in [-0.1, -0.05) is 25.1 Å². The summed E-state index contributed by atoms with van der Waals surface area (Å²) in [6.07, 6.45) is 3.32. The van der Waals surface area contributed by atoms with Gasteiger partial charge in [0.25, 0.3) is 0 Å². The molecule has 0 saturated carbocycles. The first-order valence-corrected chi connectivity index (χ1v) is 10.8. The molecule has 0 aromatic carbocycles. The lowest BCUT2D eigenvalue weighted by Gasteiger charge is -2.25. The lowest BCUT2D eigenvalue weighted by atomic mass is 10.2. The molecule has 2 heterocycles. The molecule has 7 nitrogen and oxygen atoms in total. The van der Waals surface area contributed by atoms with Crippen LogP contribution in [0.5, 0.6) is 0 Å². The van der Waals surface area contributed by atoms with Gasteiger partial charge in [0.05, 0.1) is 24.0 Å². The Bertz CT molecular complexity index is 658. The number of carbonyl (C=O) groups excluding carboxylic acids is 1. The van der Waals surface area contributed by atoms with Crippen LogP contribution in [-0.4, -0.2) is 61.7 Å². The highest BCUT2D eigenvalue weighted by Gasteiger charge is 2.26. The van der Waals surface area contributed by atoms with Crippen molar-refractivity contribution in [1.29, 1.82) is 0 Å². The predicted octanol–water partition coefficient (Wildman–Crippen LogP) is 1.50. The zero-order valence-electron chi connectivity index (χ0n) is 14.6. The van der Waals surface area contributed by atoms with E-state index in [1.54, 1.807) is 6.07 Å². The number of aromatic nitrogens is 1. The van der Waals surface area contributed by atoms with Crippen molar-refractivity contribution in [3.63, 3.8) is 0 Å². The summed E-state index contributed by atoms with van der Waals surface area (Å²) in [4.78, 5) is 16.2. The lowest BCUT2D eigenvalue weighted by molar-refractivity contribution is -0.119. The molecule has 0 aliphatic carbocycles. The number of hydrogen-bond acceptors (Lipinski definition) is 6. The number of ether oxygens (including phenoxy) is 1. The molecular weight excluding hydrogens is 362 g/mol. The number of hydrogen-bond donors (Lipinski definition) is 1. The fourth-order valence-electron chi connectivity index (χ4n) is 2.50. The molecular formula is C16H25N3O4S2. The Kier molecular flexibility index (Phi) is 7.67. The molecule has 140 valence electrons. The maximum atomic E-state index is 12.5. The van der Waals surface area contributed by atoms with Crippen LogP contribution in [0, 0.1) is 0 Å². The normalized spacial score (nSPS) is 17.2. The molecule has 1 N–H and O–H groups in total. The number of pyridine rings is 1. The van der Waals surface area contributed by atoms with Crippen LogP contribution in [0.25, 0.3) is 0 Å². The maximum Gasteiger partial charge on any atom is 0.244 e. The molecule has 1 aliphatic rings. The summed E-state index contributed by atoms with van der Waals surface area (Å²) in [6, 6.07) is 3.34. The fraction of sp³-hybridized carbons (Fsp3) is 0.625. The standard InChI is InChI=1S/C16H25N3O4S2/c1-3-4-13(2)18-15(20)12-24-16-6-5-14(11-17-16)25(21,22)19-7-9-23-10-8-19/h5-6,11,13H,3-4,7-10,12H2,1-2H3,(H,18,20)/t13-/m0/s1. The lowest BCUT2D eigenvalue weighted by Crippen LogP contribution is -2.40. The highest BCUT2D eigenvalue weighted by Crippen LogP contribution is 2.20. The van der Waals surface area contributed by atoms with E-state index in [2.05, 4.69) is 17.2 Å². The SMILES string of the molecule is CCC[C@H](C)NC(=O)CSc1ccc(S(=O)(=O)N2CCOCC2)cn1. The highest BCUT2D eigenvalue weighted by atomic mass is 32.2. The number of carbonyl (C=O) groups is 1. The van der Waals surface area contributed by atoms with Crippen LogP contribution >= 0.6 is 11.8 Å². The van der Waals surface area contributed by atoms with E-state index < -0.39 is 10.0 Å². The van der Waals surface area contributed by atoms with Crippen molar-refractivity contribution in [3.05, 3.63) is 18.3 Å². The molecule has 0 spiro atoms. The molecule has 2 rings (SSSR count). The van der Waals surface area contributed by atoms with E-state index >= 15 is 0 Å². The maximum absolute atomic E-state index is 12.5. The minimum Gasteiger partial charge on any atom is -0.379 e. The second-order valence-corrected chi connectivity index (χ2v) is 8.83. The molecule has 1 saturated heterocycles. The topological polar surface area (TPSA) is 88.6 Å². The third kappa shape index (κ3) is 5.95. The summed E-state index contributed by atoms with van der Waals surface area (Å²) in [5, 5.41) is 3.55. The summed E-state index contributed by atoms with van der Waals surface area (Å²) in [5.74, 6) is 0.217. The van der Waals surface area contributed by atoms with Crippen molar-refractivity contribution in [2.75, 3.05) is 32.1 Å². The molecule has 25 heavy (non-hydrogen) atoms. The Hall–Kier alpha value is -1.16. The summed E-state index contributed by atoms with van der Waals surface area (Å²) < 4.78 is 31.6. The minimum atomic E-state index is -3.53. The molecule has 0 radical (unpaired) electrons. The Morgan fingerprint density at radius 1 is 1.40 bits per heavy atom. The third-order valence-corrected chi connectivity index (χ3v) is 6.62. The van der Waals surface area contributed by atoms with E-state index in [0.29, 0.717) is 31.3 Å². The van der Waals surface area contributed by atoms with Crippen LogP contribution < -0.4 is 5.32 Å². The first-order valence-electron chi connectivity index (χ1n) is 8.39. The summed E-state index contributed by atoms with van der Waals surface area (Å²) >= 11 is 1.29. The van der Waals surface area contributed by atoms with Gasteiger partial charge in [0.2, 0.25) is 15.9 Å². The number of thioether (sulfide) groups is 1. The molecule has 0 unspecified atom stereocenters. The first kappa shape index (κ1) is 20.2. The van der Waals surface area contributed by atoms with E-state index in [0.717, 1.165) is 12.8 Å². The van der Waals surface area contributed by atoms with Crippen LogP contribution in [0.15, 0.2) is 28.3 Å². The van der Waals surface area contributed by atoms with Crippen molar-refractivity contribution >= 4 is 27.7 Å². The summed E-state index contributed by atoms with van der Waals surface area (Å²) in [6.45, 7) is 5.59. The minimum absolute atomic E-state index is 0.0437. The fourth-order valence-corrected chi connectivity index (χ4v) is 4.51. The van der Waals surface area contributed by atoms with Gasteiger partial charge < -0.3 is 10.1 Å². The Balaban J connectivity index is 1.90. The van der Waals surface area contributed by atoms with Crippen LogP contribution in [-0.2, 0) is 19.6 Å². The molecule has 1 fully saturated rings. The van der Waals surface area contributed by atoms with Gasteiger partial charge in [-0.25, -0.2) is 13.4 Å². The zero-order valence-corrected chi connectivity index (χ0v) is 16.2. The third-order valence-electron chi connectivity index (χ3n) is 3.80. The molecule has 1 aliphatic heterocycles. The monoisotopic (exact) mass is 387 g/mol. The molecule has 1 atom stereocenters. The molecule has 1 aromatic rings. The van der Waals surface area contributed by atoms with E-state index in [9.17, 15) is 13.2 Å².